The molecule has 2 heterocycles. The number of nitrogens with one attached hydrogen (secondary N) is 3. The van der Waals surface area contributed by atoms with Gasteiger partial charge < -0.3 is 25.0 Å². The number of carbonyl (C=O) groups is 4. The van der Waals surface area contributed by atoms with E-state index >= 15 is 0 Å². The summed E-state index contributed by atoms with van der Waals surface area (Å²) in [5.41, 5.74) is -0.253. The van der Waals surface area contributed by atoms with E-state index in [2.05, 4.69) is 26.9 Å². The maximum absolute atomic E-state index is 14.7. The Labute approximate surface area is 311 Å². The number of aromatic nitrogens is 1. The molecule has 6 rings (SSSR count). The first-order valence-electron chi connectivity index (χ1n) is 18.4. The Morgan fingerprint density at radius 3 is 2.26 bits per heavy atom. The van der Waals surface area contributed by atoms with Gasteiger partial charge in [0, 0.05) is 30.7 Å². The third-order valence-corrected chi connectivity index (χ3v) is 12.9. The summed E-state index contributed by atoms with van der Waals surface area (Å²) in [6.07, 6.45) is 5.12. The third kappa shape index (κ3) is 7.98. The van der Waals surface area contributed by atoms with Crippen LogP contribution in [0.2, 0.25) is 0 Å². The van der Waals surface area contributed by atoms with Gasteiger partial charge in [-0.1, -0.05) is 57.2 Å². The number of pyridine rings is 1. The molecule has 4 aliphatic rings. The predicted molar refractivity (Wildman–Crippen MR) is 198 cm³/mol. The van der Waals surface area contributed by atoms with Crippen LogP contribution in [0, 0.1) is 18.3 Å². The summed E-state index contributed by atoms with van der Waals surface area (Å²) >= 11 is 0. The van der Waals surface area contributed by atoms with Crippen LogP contribution >= 0.6 is 0 Å². The molecular formula is C39H51N5O8S. The second kappa shape index (κ2) is 14.5. The van der Waals surface area contributed by atoms with Crippen LogP contribution in [0.5, 0.6) is 0 Å². The van der Waals surface area contributed by atoms with Gasteiger partial charge in [0.15, 0.2) is 0 Å². The molecule has 0 radical (unpaired) electrons. The van der Waals surface area contributed by atoms with E-state index in [1.165, 1.54) is 18.1 Å². The molecule has 5 atom stereocenters. The Morgan fingerprint density at radius 2 is 1.70 bits per heavy atom. The quantitative estimate of drug-likeness (QED) is 0.268. The second-order valence-electron chi connectivity index (χ2n) is 16.1. The monoisotopic (exact) mass is 749 g/mol. The van der Waals surface area contributed by atoms with Gasteiger partial charge in [0.2, 0.25) is 21.8 Å². The van der Waals surface area contributed by atoms with E-state index in [1.54, 1.807) is 0 Å². The van der Waals surface area contributed by atoms with Crippen molar-refractivity contribution in [2.24, 2.45) is 11.3 Å². The topological polar surface area (TPSA) is 173 Å². The van der Waals surface area contributed by atoms with Crippen molar-refractivity contribution in [2.75, 3.05) is 13.7 Å². The highest BCUT2D eigenvalue weighted by Crippen LogP contribution is 2.47. The molecule has 4 fully saturated rings. The average Bonchev–Trinajstić information content (AvgIpc) is 4.00. The van der Waals surface area contributed by atoms with E-state index in [9.17, 15) is 27.6 Å². The van der Waals surface area contributed by atoms with Crippen LogP contribution in [-0.4, -0.2) is 84.7 Å². The maximum Gasteiger partial charge on any atom is 0.408 e. The highest BCUT2D eigenvalue weighted by molar-refractivity contribution is 7.91. The fraction of sp³-hybridized carbons (Fsp3) is 0.564. The molecule has 53 heavy (non-hydrogen) atoms. The van der Waals surface area contributed by atoms with E-state index < -0.39 is 73.6 Å². The summed E-state index contributed by atoms with van der Waals surface area (Å²) in [7, 11) is -2.38. The Balaban J connectivity index is 1.32. The number of ether oxygens (including phenoxy) is 2. The van der Waals surface area contributed by atoms with Crippen molar-refractivity contribution >= 4 is 33.8 Å². The lowest BCUT2D eigenvalue weighted by molar-refractivity contribution is -0.143. The van der Waals surface area contributed by atoms with Crippen molar-refractivity contribution in [1.29, 1.82) is 0 Å². The zero-order valence-electron chi connectivity index (χ0n) is 31.1. The lowest BCUT2D eigenvalue weighted by atomic mass is 9.85. The molecule has 14 heteroatoms. The number of nitrogens with zero attached hydrogens (tertiary/aromatic N) is 2. The van der Waals surface area contributed by atoms with Gasteiger partial charge in [-0.3, -0.25) is 24.1 Å². The number of carbonyl (C=O) groups excluding carboxylic acids is 4. The molecule has 1 aromatic heterocycles. The number of likely N-dealkylation sites (tertiary alicyclic amines) is 1. The Morgan fingerprint density at radius 1 is 1.02 bits per heavy atom. The average molecular weight is 750 g/mol. The smallest absolute Gasteiger partial charge is 0.408 e. The summed E-state index contributed by atoms with van der Waals surface area (Å²) < 4.78 is 39.5. The van der Waals surface area contributed by atoms with Gasteiger partial charge in [-0.15, -0.1) is 6.58 Å². The zero-order chi connectivity index (χ0) is 38.3. The summed E-state index contributed by atoms with van der Waals surface area (Å²) in [5, 5.41) is 4.99. The largest absolute Gasteiger partial charge is 0.446 e. The van der Waals surface area contributed by atoms with E-state index in [0.717, 1.165) is 42.6 Å². The second-order valence-corrected chi connectivity index (χ2v) is 18.0. The van der Waals surface area contributed by atoms with Gasteiger partial charge in [-0.2, -0.15) is 0 Å². The lowest BCUT2D eigenvalue weighted by Crippen LogP contribution is -2.60. The number of rotatable bonds is 12. The predicted octanol–water partition coefficient (Wildman–Crippen LogP) is 4.25. The highest BCUT2D eigenvalue weighted by Gasteiger charge is 2.62. The molecule has 1 saturated heterocycles. The van der Waals surface area contributed by atoms with Crippen molar-refractivity contribution in [3.8, 4) is 11.3 Å². The maximum atomic E-state index is 14.7. The summed E-state index contributed by atoms with van der Waals surface area (Å²) in [6.45, 7) is 11.1. The SMILES string of the molecule is C=C[C@@H]1C[C@]1(NC(=O)[C@@H]1C[C@@](OC)(c2ccc(-c3cccc(C)n3)cc2)CN1C(=O)[C@@H](NC(=O)OC1CCCC1)C(C)(C)C)C(=O)NS(=O)(=O)C1CC1. The van der Waals surface area contributed by atoms with Gasteiger partial charge in [0.1, 0.15) is 29.3 Å². The van der Waals surface area contributed by atoms with E-state index in [1.807, 2.05) is 70.2 Å². The molecule has 3 aliphatic carbocycles. The minimum Gasteiger partial charge on any atom is -0.446 e. The van der Waals surface area contributed by atoms with Crippen LogP contribution in [0.3, 0.4) is 0 Å². The number of aryl methyl sites for hydroxylation is 1. The molecule has 3 N–H and O–H groups in total. The van der Waals surface area contributed by atoms with Crippen LogP contribution < -0.4 is 15.4 Å². The molecule has 0 spiro atoms. The Hall–Kier alpha value is -4.30. The van der Waals surface area contributed by atoms with Crippen molar-refractivity contribution in [2.45, 2.75) is 114 Å². The first kappa shape index (κ1) is 38.4. The zero-order valence-corrected chi connectivity index (χ0v) is 32.0. The van der Waals surface area contributed by atoms with Crippen molar-refractivity contribution in [3.05, 3.63) is 66.4 Å². The molecule has 4 amide bonds. The van der Waals surface area contributed by atoms with Gasteiger partial charge in [0.05, 0.1) is 17.5 Å². The van der Waals surface area contributed by atoms with Crippen LogP contribution in [0.15, 0.2) is 55.1 Å². The van der Waals surface area contributed by atoms with E-state index in [-0.39, 0.29) is 25.5 Å². The number of sulfonamides is 1. The highest BCUT2D eigenvalue weighted by atomic mass is 32.2. The van der Waals surface area contributed by atoms with Gasteiger partial charge in [-0.05, 0) is 75.0 Å². The molecule has 13 nitrogen and oxygen atoms in total. The first-order valence-corrected chi connectivity index (χ1v) is 19.9. The van der Waals surface area contributed by atoms with Crippen molar-refractivity contribution in [3.63, 3.8) is 0 Å². The lowest BCUT2D eigenvalue weighted by Gasteiger charge is -2.36. The van der Waals surface area contributed by atoms with Gasteiger partial charge in [-0.25, -0.2) is 13.2 Å². The Kier molecular flexibility index (Phi) is 10.5. The molecule has 2 aromatic rings. The van der Waals surface area contributed by atoms with Crippen LogP contribution in [-0.2, 0) is 39.5 Å². The number of hydrogen-bond acceptors (Lipinski definition) is 9. The standard InChI is InChI=1S/C39H51N5O8S/c1-7-26-21-39(26,35(47)43-53(49,50)29-19-20-29)42-33(45)31-22-38(51-6,27-17-15-25(16-18-27)30-14-10-11-24(2)40-30)23-44(31)34(46)32(37(3,4)5)41-36(48)52-28-12-8-9-13-28/h7,10-11,14-18,26,28-29,31-32H,1,8-9,12-13,19-23H2,2-6H3,(H,41,48)(H,42,45)(H,43,47)/t26-,31+,32-,38+,39-/m1/s1. The van der Waals surface area contributed by atoms with E-state index in [4.69, 9.17) is 9.47 Å². The fourth-order valence-electron chi connectivity index (χ4n) is 7.60. The minimum absolute atomic E-state index is 0.0172. The van der Waals surface area contributed by atoms with Crippen molar-refractivity contribution < 1.29 is 37.1 Å². The number of benzene rings is 1. The number of alkyl carbamates (subject to hydrolysis) is 1. The normalized spacial score (nSPS) is 26.4. The molecule has 0 unspecified atom stereocenters. The molecule has 3 saturated carbocycles. The molecule has 286 valence electrons. The molecule has 1 aliphatic heterocycles. The summed E-state index contributed by atoms with van der Waals surface area (Å²) in [4.78, 5) is 61.9. The molecule has 0 bridgehead atoms. The van der Waals surface area contributed by atoms with Crippen molar-refractivity contribution in [1.82, 2.24) is 25.2 Å². The number of amides is 4. The van der Waals surface area contributed by atoms with Crippen LogP contribution in [0.1, 0.15) is 83.4 Å². The van der Waals surface area contributed by atoms with Crippen LogP contribution in [0.4, 0.5) is 4.79 Å². The minimum atomic E-state index is -3.90. The molecule has 1 aromatic carbocycles. The van der Waals surface area contributed by atoms with Gasteiger partial charge in [0.25, 0.3) is 5.91 Å². The molecular weight excluding hydrogens is 699 g/mol. The van der Waals surface area contributed by atoms with Crippen LogP contribution in [0.25, 0.3) is 11.3 Å². The fourth-order valence-corrected chi connectivity index (χ4v) is 8.97. The third-order valence-electron chi connectivity index (χ3n) is 11.1. The number of methoxy groups -OCH3 is 1. The van der Waals surface area contributed by atoms with Gasteiger partial charge >= 0.3 is 6.09 Å². The summed E-state index contributed by atoms with van der Waals surface area (Å²) in [6, 6.07) is 11.1. The summed E-state index contributed by atoms with van der Waals surface area (Å²) in [5.74, 6) is -2.52. The van der Waals surface area contributed by atoms with E-state index in [0.29, 0.717) is 18.4 Å². The number of hydrogen-bond donors (Lipinski definition) is 3. The Bertz CT molecular complexity index is 1870. The first-order chi connectivity index (χ1) is 25.0.